The molecule has 0 heterocycles. The molecule has 0 spiro atoms. The van der Waals surface area contributed by atoms with E-state index in [-0.39, 0.29) is 11.8 Å². The van der Waals surface area contributed by atoms with Gasteiger partial charge in [-0.3, -0.25) is 4.79 Å². The largest absolute Gasteiger partial charge is 0.388 e. The fraction of sp³-hybridized carbons (Fsp3) is 0.938. The third kappa shape index (κ3) is 4.45. The minimum absolute atomic E-state index is 0.132. The Bertz CT molecular complexity index is 304. The van der Waals surface area contributed by atoms with Crippen LogP contribution in [0.5, 0.6) is 0 Å². The number of rotatable bonds is 4. The quantitative estimate of drug-likeness (QED) is 0.690. The summed E-state index contributed by atoms with van der Waals surface area (Å²) in [6.45, 7) is 1.18. The van der Waals surface area contributed by atoms with Gasteiger partial charge in [0.2, 0.25) is 5.91 Å². The maximum absolute atomic E-state index is 12.2. The van der Waals surface area contributed by atoms with Crippen molar-refractivity contribution in [1.82, 2.24) is 5.32 Å². The summed E-state index contributed by atoms with van der Waals surface area (Å²) in [5, 5.41) is 13.6. The molecule has 2 aliphatic rings. The average Bonchev–Trinajstić information content (AvgIpc) is 2.70. The number of hydrogen-bond acceptors (Lipinski definition) is 3. The standard InChI is InChI=1S/C16H30N2O2/c17-11-13-5-7-14(8-6-13)15(19)18-12-16(20)9-3-1-2-4-10-16/h13-14,20H,1-12,17H2,(H,18,19). The zero-order chi connectivity index (χ0) is 14.4. The molecule has 0 aromatic carbocycles. The van der Waals surface area contributed by atoms with E-state index in [4.69, 9.17) is 5.73 Å². The summed E-state index contributed by atoms with van der Waals surface area (Å²) in [6, 6.07) is 0. The van der Waals surface area contributed by atoms with Crippen molar-refractivity contribution in [3.8, 4) is 0 Å². The van der Waals surface area contributed by atoms with Gasteiger partial charge >= 0.3 is 0 Å². The monoisotopic (exact) mass is 282 g/mol. The van der Waals surface area contributed by atoms with Gasteiger partial charge in [-0.25, -0.2) is 0 Å². The van der Waals surface area contributed by atoms with E-state index in [1.807, 2.05) is 0 Å². The van der Waals surface area contributed by atoms with Crippen molar-refractivity contribution in [2.75, 3.05) is 13.1 Å². The minimum Gasteiger partial charge on any atom is -0.388 e. The number of hydrogen-bond donors (Lipinski definition) is 3. The molecule has 2 fully saturated rings. The molecule has 0 radical (unpaired) electrons. The van der Waals surface area contributed by atoms with Crippen molar-refractivity contribution < 1.29 is 9.90 Å². The van der Waals surface area contributed by atoms with Crippen molar-refractivity contribution >= 4 is 5.91 Å². The Morgan fingerprint density at radius 3 is 2.25 bits per heavy atom. The van der Waals surface area contributed by atoms with Crippen LogP contribution in [0.25, 0.3) is 0 Å². The van der Waals surface area contributed by atoms with Crippen molar-refractivity contribution in [3.63, 3.8) is 0 Å². The number of aliphatic hydroxyl groups is 1. The summed E-state index contributed by atoms with van der Waals surface area (Å²) >= 11 is 0. The molecule has 0 atom stereocenters. The van der Waals surface area contributed by atoms with Crippen LogP contribution in [0, 0.1) is 11.8 Å². The molecule has 20 heavy (non-hydrogen) atoms. The Kier molecular flexibility index (Phi) is 5.85. The van der Waals surface area contributed by atoms with Gasteiger partial charge in [0, 0.05) is 12.5 Å². The van der Waals surface area contributed by atoms with Crippen LogP contribution < -0.4 is 11.1 Å². The van der Waals surface area contributed by atoms with Crippen molar-refractivity contribution in [3.05, 3.63) is 0 Å². The summed E-state index contributed by atoms with van der Waals surface area (Å²) in [5.41, 5.74) is 5.01. The molecule has 0 saturated heterocycles. The van der Waals surface area contributed by atoms with E-state index < -0.39 is 5.60 Å². The number of carbonyl (C=O) groups is 1. The highest BCUT2D eigenvalue weighted by atomic mass is 16.3. The second kappa shape index (κ2) is 7.41. The second-order valence-electron chi connectivity index (χ2n) is 6.81. The van der Waals surface area contributed by atoms with Crippen LogP contribution in [0.1, 0.15) is 64.2 Å². The van der Waals surface area contributed by atoms with E-state index >= 15 is 0 Å². The molecule has 4 nitrogen and oxygen atoms in total. The number of carbonyl (C=O) groups excluding carboxylic acids is 1. The van der Waals surface area contributed by atoms with Gasteiger partial charge in [0.25, 0.3) is 0 Å². The summed E-state index contributed by atoms with van der Waals surface area (Å²) in [5.74, 6) is 0.871. The maximum Gasteiger partial charge on any atom is 0.223 e. The van der Waals surface area contributed by atoms with Gasteiger partial charge in [-0.2, -0.15) is 0 Å². The highest BCUT2D eigenvalue weighted by Gasteiger charge is 2.30. The first kappa shape index (κ1) is 15.8. The molecule has 116 valence electrons. The molecule has 0 aliphatic heterocycles. The normalized spacial score (nSPS) is 30.5. The highest BCUT2D eigenvalue weighted by molar-refractivity contribution is 5.78. The van der Waals surface area contributed by atoms with Gasteiger partial charge < -0.3 is 16.2 Å². The maximum atomic E-state index is 12.2. The Morgan fingerprint density at radius 2 is 1.70 bits per heavy atom. The molecule has 0 aromatic heterocycles. The lowest BCUT2D eigenvalue weighted by Crippen LogP contribution is -2.45. The van der Waals surface area contributed by atoms with Crippen LogP contribution in [0.4, 0.5) is 0 Å². The zero-order valence-corrected chi connectivity index (χ0v) is 12.6. The van der Waals surface area contributed by atoms with E-state index in [2.05, 4.69) is 5.32 Å². The molecule has 2 aliphatic carbocycles. The molecule has 0 unspecified atom stereocenters. The van der Waals surface area contributed by atoms with Gasteiger partial charge in [0.05, 0.1) is 5.60 Å². The average molecular weight is 282 g/mol. The van der Waals surface area contributed by atoms with Gasteiger partial charge in [0.15, 0.2) is 0 Å². The summed E-state index contributed by atoms with van der Waals surface area (Å²) < 4.78 is 0. The Labute approximate surface area is 122 Å². The van der Waals surface area contributed by atoms with Crippen molar-refractivity contribution in [2.45, 2.75) is 69.8 Å². The Hall–Kier alpha value is -0.610. The first-order valence-corrected chi connectivity index (χ1v) is 8.33. The SMILES string of the molecule is NCC1CCC(C(=O)NCC2(O)CCCCCC2)CC1. The topological polar surface area (TPSA) is 75.4 Å². The van der Waals surface area contributed by atoms with Crippen LogP contribution in [0.2, 0.25) is 0 Å². The van der Waals surface area contributed by atoms with Gasteiger partial charge in [-0.05, 0) is 51.0 Å². The number of nitrogens with one attached hydrogen (secondary N) is 1. The van der Waals surface area contributed by atoms with Crippen molar-refractivity contribution in [2.24, 2.45) is 17.6 Å². The van der Waals surface area contributed by atoms with E-state index in [9.17, 15) is 9.90 Å². The third-order valence-electron chi connectivity index (χ3n) is 5.18. The zero-order valence-electron chi connectivity index (χ0n) is 12.6. The van der Waals surface area contributed by atoms with E-state index in [1.54, 1.807) is 0 Å². The summed E-state index contributed by atoms with van der Waals surface area (Å²) in [6.07, 6.45) is 10.3. The van der Waals surface area contributed by atoms with Gasteiger partial charge in [-0.15, -0.1) is 0 Å². The molecular weight excluding hydrogens is 252 g/mol. The minimum atomic E-state index is -0.666. The van der Waals surface area contributed by atoms with Crippen LogP contribution in [0.3, 0.4) is 0 Å². The van der Waals surface area contributed by atoms with Gasteiger partial charge in [0.1, 0.15) is 0 Å². The lowest BCUT2D eigenvalue weighted by molar-refractivity contribution is -0.127. The van der Waals surface area contributed by atoms with Crippen molar-refractivity contribution in [1.29, 1.82) is 0 Å². The van der Waals surface area contributed by atoms with E-state index in [1.165, 1.54) is 12.8 Å². The first-order chi connectivity index (χ1) is 9.63. The molecule has 1 amide bonds. The fourth-order valence-corrected chi connectivity index (χ4v) is 3.62. The molecular formula is C16H30N2O2. The molecule has 0 aromatic rings. The molecule has 2 rings (SSSR count). The van der Waals surface area contributed by atoms with E-state index in [0.29, 0.717) is 12.5 Å². The first-order valence-electron chi connectivity index (χ1n) is 8.33. The van der Waals surface area contributed by atoms with E-state index in [0.717, 1.165) is 57.9 Å². The van der Waals surface area contributed by atoms with Crippen LogP contribution in [-0.4, -0.2) is 29.7 Å². The molecule has 0 bridgehead atoms. The lowest BCUT2D eigenvalue weighted by atomic mass is 9.81. The number of nitrogens with two attached hydrogens (primary N) is 1. The summed E-state index contributed by atoms with van der Waals surface area (Å²) in [4.78, 5) is 12.2. The number of amides is 1. The van der Waals surface area contributed by atoms with Crippen LogP contribution in [-0.2, 0) is 4.79 Å². The fourth-order valence-electron chi connectivity index (χ4n) is 3.62. The second-order valence-corrected chi connectivity index (χ2v) is 6.81. The third-order valence-corrected chi connectivity index (χ3v) is 5.18. The lowest BCUT2D eigenvalue weighted by Gasteiger charge is -2.30. The molecule has 4 heteroatoms. The smallest absolute Gasteiger partial charge is 0.223 e. The molecule has 2 saturated carbocycles. The Balaban J connectivity index is 1.74. The predicted octanol–water partition coefficient (Wildman–Crippen LogP) is 1.95. The van der Waals surface area contributed by atoms with Crippen LogP contribution >= 0.6 is 0 Å². The van der Waals surface area contributed by atoms with Gasteiger partial charge in [-0.1, -0.05) is 25.7 Å². The Morgan fingerprint density at radius 1 is 1.10 bits per heavy atom. The predicted molar refractivity (Wildman–Crippen MR) is 80.2 cm³/mol. The highest BCUT2D eigenvalue weighted by Crippen LogP contribution is 2.29. The van der Waals surface area contributed by atoms with Crippen LogP contribution in [0.15, 0.2) is 0 Å². The summed E-state index contributed by atoms with van der Waals surface area (Å²) in [7, 11) is 0. The molecule has 4 N–H and O–H groups in total.